The molecular formula is C38H46N4O4S. The predicted octanol–water partition coefficient (Wildman–Crippen LogP) is 6.10. The molecule has 4 aliphatic heterocycles. The Morgan fingerprint density at radius 3 is 2.45 bits per heavy atom. The van der Waals surface area contributed by atoms with Crippen LogP contribution in [0.2, 0.25) is 0 Å². The van der Waals surface area contributed by atoms with Crippen LogP contribution in [0.3, 0.4) is 0 Å². The van der Waals surface area contributed by atoms with Gasteiger partial charge in [-0.25, -0.2) is 4.21 Å². The minimum Gasteiger partial charge on any atom is -0.497 e. The van der Waals surface area contributed by atoms with E-state index >= 15 is 0 Å². The maximum Gasteiger partial charge on any atom is 0.263 e. The van der Waals surface area contributed by atoms with Crippen LogP contribution in [0.15, 0.2) is 36.4 Å². The summed E-state index contributed by atoms with van der Waals surface area (Å²) in [4.78, 5) is 33.1. The van der Waals surface area contributed by atoms with E-state index in [1.54, 1.807) is 7.11 Å². The zero-order valence-electron chi connectivity index (χ0n) is 27.6. The molecule has 248 valence electrons. The Bertz CT molecular complexity index is 1810. The van der Waals surface area contributed by atoms with Crippen molar-refractivity contribution in [3.05, 3.63) is 53.1 Å². The lowest BCUT2D eigenvalue weighted by Crippen LogP contribution is -2.64. The second kappa shape index (κ2) is 11.2. The normalized spacial score (nSPS) is 29.3. The summed E-state index contributed by atoms with van der Waals surface area (Å²) in [6.45, 7) is 2.37. The van der Waals surface area contributed by atoms with E-state index in [0.717, 1.165) is 75.7 Å². The van der Waals surface area contributed by atoms with E-state index < -0.39 is 16.4 Å². The van der Waals surface area contributed by atoms with Crippen molar-refractivity contribution in [1.82, 2.24) is 19.1 Å². The van der Waals surface area contributed by atoms with E-state index in [1.165, 1.54) is 47.0 Å². The fraction of sp³-hybridized carbons (Fsp3) is 0.579. The van der Waals surface area contributed by atoms with Crippen LogP contribution in [-0.2, 0) is 22.3 Å². The van der Waals surface area contributed by atoms with E-state index in [0.29, 0.717) is 30.0 Å². The molecule has 1 N–H and O–H groups in total. The van der Waals surface area contributed by atoms with Crippen LogP contribution >= 0.6 is 0 Å². The second-order valence-electron chi connectivity index (χ2n) is 15.3. The number of nitrogens with zero attached hydrogens (tertiary/aromatic N) is 3. The molecule has 0 radical (unpaired) electrons. The third kappa shape index (κ3) is 4.66. The van der Waals surface area contributed by atoms with Gasteiger partial charge in [-0.15, -0.1) is 0 Å². The number of piperidine rings is 2. The number of piperazine rings is 1. The summed E-state index contributed by atoms with van der Waals surface area (Å²) < 4.78 is 23.9. The molecule has 7 aliphatic rings. The molecule has 0 spiro atoms. The highest BCUT2D eigenvalue weighted by Gasteiger charge is 2.65. The zero-order chi connectivity index (χ0) is 32.0. The molecule has 8 nitrogen and oxygen atoms in total. The van der Waals surface area contributed by atoms with Gasteiger partial charge in [-0.2, -0.15) is 0 Å². The van der Waals surface area contributed by atoms with Crippen LogP contribution in [0.4, 0.5) is 0 Å². The molecule has 3 saturated carbocycles. The lowest BCUT2D eigenvalue weighted by molar-refractivity contribution is -0.147. The summed E-state index contributed by atoms with van der Waals surface area (Å²) in [5, 5.41) is 1.24. The van der Waals surface area contributed by atoms with Crippen LogP contribution in [0.1, 0.15) is 104 Å². The zero-order valence-corrected chi connectivity index (χ0v) is 28.4. The van der Waals surface area contributed by atoms with Crippen molar-refractivity contribution >= 4 is 33.7 Å². The van der Waals surface area contributed by atoms with Gasteiger partial charge in [-0.1, -0.05) is 31.7 Å². The van der Waals surface area contributed by atoms with Crippen molar-refractivity contribution in [3.8, 4) is 17.0 Å². The number of hydrogen-bond donors (Lipinski definition) is 1. The highest BCUT2D eigenvalue weighted by molar-refractivity contribution is 7.84. The number of rotatable bonds is 6. The summed E-state index contributed by atoms with van der Waals surface area (Å²) in [7, 11) is 2.55. The summed E-state index contributed by atoms with van der Waals surface area (Å²) >= 11 is 0. The third-order valence-corrected chi connectivity index (χ3v) is 14.3. The number of methoxy groups -OCH3 is 1. The lowest BCUT2D eigenvalue weighted by Gasteiger charge is -2.51. The molecule has 6 fully saturated rings. The molecule has 9 heteroatoms. The van der Waals surface area contributed by atoms with Crippen molar-refractivity contribution in [2.75, 3.05) is 27.2 Å². The van der Waals surface area contributed by atoms with E-state index in [9.17, 15) is 13.8 Å². The molecule has 47 heavy (non-hydrogen) atoms. The van der Waals surface area contributed by atoms with Gasteiger partial charge in [0.1, 0.15) is 16.7 Å². The minimum absolute atomic E-state index is 0.0566. The number of benzene rings is 2. The topological polar surface area (TPSA) is 83.9 Å². The van der Waals surface area contributed by atoms with E-state index in [4.69, 9.17) is 4.74 Å². The molecule has 1 aromatic heterocycles. The van der Waals surface area contributed by atoms with Gasteiger partial charge in [0.25, 0.3) is 5.91 Å². The highest BCUT2D eigenvalue weighted by atomic mass is 32.2. The maximum absolute atomic E-state index is 14.9. The first-order valence-electron chi connectivity index (χ1n) is 17.9. The molecule has 3 aromatic rings. The molecule has 2 amide bonds. The molecular weight excluding hydrogens is 609 g/mol. The molecule has 5 unspecified atom stereocenters. The standard InChI is InChI=1S/C38H46N4O4S/c1-40-20-26-13-12-25(40)21-41(26)37(44)38-19-32(38)31-18-27(46-2)14-16-29(31)35-34(23-7-4-3-5-8-23)30-15-11-24(17-33(30)42(35)22-38)36(43)39-47(45)28-9-6-10-28/h11,14-18,23,25-26,28,32H,3-10,12-13,19-22H2,1-2H3,(H,39,43). The summed E-state index contributed by atoms with van der Waals surface area (Å²) in [5.41, 5.74) is 6.05. The van der Waals surface area contributed by atoms with Crippen molar-refractivity contribution in [1.29, 1.82) is 0 Å². The second-order valence-corrected chi connectivity index (χ2v) is 16.8. The average Bonchev–Trinajstić information content (AvgIpc) is 3.73. The Morgan fingerprint density at radius 1 is 0.936 bits per heavy atom. The number of carbonyl (C=O) groups excluding carboxylic acids is 2. The van der Waals surface area contributed by atoms with Crippen molar-refractivity contribution in [3.63, 3.8) is 0 Å². The fourth-order valence-electron chi connectivity index (χ4n) is 9.81. The number of carbonyl (C=O) groups is 2. The average molecular weight is 655 g/mol. The Labute approximate surface area is 279 Å². The quantitative estimate of drug-likeness (QED) is 0.347. The highest BCUT2D eigenvalue weighted by Crippen LogP contribution is 2.66. The van der Waals surface area contributed by atoms with Crippen LogP contribution in [-0.4, -0.2) is 75.0 Å². The first-order chi connectivity index (χ1) is 22.9. The molecule has 10 rings (SSSR count). The number of amides is 2. The largest absolute Gasteiger partial charge is 0.497 e. The van der Waals surface area contributed by atoms with E-state index in [1.807, 2.05) is 12.1 Å². The van der Waals surface area contributed by atoms with Crippen LogP contribution in [0.25, 0.3) is 22.2 Å². The fourth-order valence-corrected chi connectivity index (χ4v) is 11.0. The summed E-state index contributed by atoms with van der Waals surface area (Å²) in [6, 6.07) is 13.2. The maximum atomic E-state index is 14.9. The smallest absolute Gasteiger partial charge is 0.263 e. The number of ether oxygens (including phenoxy) is 1. The van der Waals surface area contributed by atoms with Gasteiger partial charge < -0.3 is 14.2 Å². The number of nitrogens with one attached hydrogen (secondary N) is 1. The lowest BCUT2D eigenvalue weighted by atomic mass is 9.81. The summed E-state index contributed by atoms with van der Waals surface area (Å²) in [6.07, 6.45) is 12.0. The van der Waals surface area contributed by atoms with Gasteiger partial charge in [-0.05, 0) is 99.4 Å². The number of aromatic nitrogens is 1. The SMILES string of the molecule is COc1ccc2c(c1)C1CC1(C(=O)N1CC3CCC1CN3C)Cn1c-2c(C2CCCCC2)c2ccc(C(=O)NS(=O)C3CCC3)cc21. The van der Waals surface area contributed by atoms with Crippen molar-refractivity contribution < 1.29 is 18.5 Å². The van der Waals surface area contributed by atoms with E-state index in [2.05, 4.69) is 50.4 Å². The Morgan fingerprint density at radius 2 is 1.74 bits per heavy atom. The van der Waals surface area contributed by atoms with E-state index in [-0.39, 0.29) is 23.1 Å². The molecule has 3 aliphatic carbocycles. The number of fused-ring (bicyclic) bond motifs is 10. The molecule has 2 aromatic carbocycles. The minimum atomic E-state index is -1.37. The number of hydrogen-bond acceptors (Lipinski definition) is 5. The van der Waals surface area contributed by atoms with Gasteiger partial charge in [0.05, 0.1) is 23.5 Å². The first-order valence-corrected chi connectivity index (χ1v) is 19.1. The summed E-state index contributed by atoms with van der Waals surface area (Å²) in [5.74, 6) is 1.41. The monoisotopic (exact) mass is 654 g/mol. The first kappa shape index (κ1) is 29.9. The Hall–Kier alpha value is -3.17. The van der Waals surface area contributed by atoms with Gasteiger partial charge in [0.15, 0.2) is 0 Å². The van der Waals surface area contributed by atoms with Gasteiger partial charge in [-0.3, -0.25) is 19.2 Å². The third-order valence-electron chi connectivity index (χ3n) is 12.8. The molecule has 2 bridgehead atoms. The Balaban J connectivity index is 1.20. The van der Waals surface area contributed by atoms with Crippen molar-refractivity contribution in [2.45, 2.75) is 106 Å². The molecule has 5 atom stereocenters. The van der Waals surface area contributed by atoms with Crippen LogP contribution in [0.5, 0.6) is 5.75 Å². The molecule has 3 saturated heterocycles. The van der Waals surface area contributed by atoms with Crippen LogP contribution in [0, 0.1) is 5.41 Å². The number of likely N-dealkylation sites (N-methyl/N-ethyl adjacent to an activating group) is 1. The predicted molar refractivity (Wildman–Crippen MR) is 184 cm³/mol. The Kier molecular flexibility index (Phi) is 7.13. The van der Waals surface area contributed by atoms with Gasteiger partial charge in [0, 0.05) is 59.7 Å². The van der Waals surface area contributed by atoms with Crippen LogP contribution < -0.4 is 9.46 Å². The van der Waals surface area contributed by atoms with Gasteiger partial charge >= 0.3 is 0 Å². The molecule has 5 heterocycles. The van der Waals surface area contributed by atoms with Gasteiger partial charge in [0.2, 0.25) is 5.91 Å². The van der Waals surface area contributed by atoms with Crippen molar-refractivity contribution in [2.24, 2.45) is 5.41 Å².